The van der Waals surface area contributed by atoms with Crippen molar-refractivity contribution in [3.63, 3.8) is 0 Å². The average Bonchev–Trinajstić information content (AvgIpc) is 2.94. The Morgan fingerprint density at radius 1 is 1.03 bits per heavy atom. The molecule has 1 N–H and O–H groups in total. The number of nitrogens with one attached hydrogen (secondary N) is 1. The highest BCUT2D eigenvalue weighted by molar-refractivity contribution is 7.92. The van der Waals surface area contributed by atoms with Crippen LogP contribution in [0.3, 0.4) is 0 Å². The first-order valence-corrected chi connectivity index (χ1v) is 13.9. The van der Waals surface area contributed by atoms with Crippen LogP contribution in [0.2, 0.25) is 5.02 Å². The van der Waals surface area contributed by atoms with Crippen LogP contribution in [0.5, 0.6) is 11.5 Å². The number of benzene rings is 3. The van der Waals surface area contributed by atoms with Crippen LogP contribution in [0.1, 0.15) is 12.5 Å². The van der Waals surface area contributed by atoms with Gasteiger partial charge in [-0.25, -0.2) is 12.8 Å². The molecular weight excluding hydrogens is 549 g/mol. The summed E-state index contributed by atoms with van der Waals surface area (Å²) in [5, 5.41) is 2.96. The van der Waals surface area contributed by atoms with Gasteiger partial charge in [0.25, 0.3) is 10.0 Å². The largest absolute Gasteiger partial charge is 0.486 e. The lowest BCUT2D eigenvalue weighted by atomic mass is 10.1. The van der Waals surface area contributed by atoms with Crippen molar-refractivity contribution in [2.45, 2.75) is 24.4 Å². The highest BCUT2D eigenvalue weighted by Gasteiger charge is 2.33. The molecule has 9 nitrogen and oxygen atoms in total. The van der Waals surface area contributed by atoms with Gasteiger partial charge in [0.1, 0.15) is 31.6 Å². The molecule has 0 aliphatic carbocycles. The Hall–Kier alpha value is -3.83. The summed E-state index contributed by atoms with van der Waals surface area (Å²) < 4.78 is 53.4. The summed E-state index contributed by atoms with van der Waals surface area (Å²) >= 11 is 6.11. The van der Waals surface area contributed by atoms with Crippen LogP contribution in [0.15, 0.2) is 71.6 Å². The predicted molar refractivity (Wildman–Crippen MR) is 144 cm³/mol. The quantitative estimate of drug-likeness (QED) is 0.418. The number of carbonyl (C=O) groups excluding carboxylic acids is 2. The summed E-state index contributed by atoms with van der Waals surface area (Å²) in [5.41, 5.74) is 0.713. The van der Waals surface area contributed by atoms with Crippen molar-refractivity contribution in [2.24, 2.45) is 0 Å². The number of anilines is 1. The minimum absolute atomic E-state index is 0.00465. The fraction of sp³-hybridized carbons (Fsp3) is 0.259. The number of amides is 2. The van der Waals surface area contributed by atoms with E-state index in [-0.39, 0.29) is 29.5 Å². The number of carbonyl (C=O) groups is 2. The fourth-order valence-corrected chi connectivity index (χ4v) is 5.71. The minimum atomic E-state index is -4.35. The number of halogens is 2. The SMILES string of the molecule is CNC(=O)C(C)N(Cc1cccc(Cl)c1)C(=O)CN(c1ccc(F)cc1)S(=O)(=O)c1ccc2c(c1)OCCO2. The molecule has 2 amide bonds. The van der Waals surface area contributed by atoms with Crippen molar-refractivity contribution in [3.8, 4) is 11.5 Å². The smallest absolute Gasteiger partial charge is 0.264 e. The van der Waals surface area contributed by atoms with E-state index < -0.39 is 40.2 Å². The third-order valence-electron chi connectivity index (χ3n) is 6.15. The summed E-state index contributed by atoms with van der Waals surface area (Å²) in [6, 6.07) is 14.7. The Morgan fingerprint density at radius 3 is 2.38 bits per heavy atom. The molecule has 1 heterocycles. The van der Waals surface area contributed by atoms with Crippen LogP contribution in [0, 0.1) is 5.82 Å². The van der Waals surface area contributed by atoms with E-state index in [2.05, 4.69) is 5.32 Å². The zero-order chi connectivity index (χ0) is 28.2. The first-order valence-electron chi connectivity index (χ1n) is 12.0. The maximum absolute atomic E-state index is 13.9. The number of hydrogen-bond donors (Lipinski definition) is 1. The lowest BCUT2D eigenvalue weighted by molar-refractivity contribution is -0.139. The minimum Gasteiger partial charge on any atom is -0.486 e. The summed E-state index contributed by atoms with van der Waals surface area (Å²) in [5.74, 6) is -1.01. The normalized spacial score (nSPS) is 13.3. The van der Waals surface area contributed by atoms with Gasteiger partial charge in [0.2, 0.25) is 11.8 Å². The summed E-state index contributed by atoms with van der Waals surface area (Å²) in [6.07, 6.45) is 0. The molecule has 1 aliphatic heterocycles. The highest BCUT2D eigenvalue weighted by Crippen LogP contribution is 2.34. The number of ether oxygens (including phenoxy) is 2. The van der Waals surface area contributed by atoms with Gasteiger partial charge in [0.05, 0.1) is 10.6 Å². The number of nitrogens with zero attached hydrogens (tertiary/aromatic N) is 2. The van der Waals surface area contributed by atoms with E-state index in [1.807, 2.05) is 0 Å². The first kappa shape index (κ1) is 28.2. The van der Waals surface area contributed by atoms with Crippen molar-refractivity contribution >= 4 is 39.1 Å². The molecule has 0 fully saturated rings. The van der Waals surface area contributed by atoms with Crippen LogP contribution in [-0.4, -0.2) is 58.0 Å². The molecule has 0 bridgehead atoms. The van der Waals surface area contributed by atoms with Crippen LogP contribution < -0.4 is 19.1 Å². The summed E-state index contributed by atoms with van der Waals surface area (Å²) in [7, 11) is -2.91. The van der Waals surface area contributed by atoms with Gasteiger partial charge < -0.3 is 19.7 Å². The lowest BCUT2D eigenvalue weighted by Gasteiger charge is -2.32. The molecule has 1 aliphatic rings. The van der Waals surface area contributed by atoms with Gasteiger partial charge in [0.15, 0.2) is 11.5 Å². The molecule has 1 unspecified atom stereocenters. The van der Waals surface area contributed by atoms with Gasteiger partial charge in [-0.3, -0.25) is 13.9 Å². The Balaban J connectivity index is 1.72. The number of fused-ring (bicyclic) bond motifs is 1. The Labute approximate surface area is 231 Å². The van der Waals surface area contributed by atoms with Gasteiger partial charge in [0, 0.05) is 24.7 Å². The van der Waals surface area contributed by atoms with Crippen LogP contribution >= 0.6 is 11.6 Å². The molecule has 1 atom stereocenters. The third kappa shape index (κ3) is 6.43. The van der Waals surface area contributed by atoms with E-state index in [4.69, 9.17) is 21.1 Å². The van der Waals surface area contributed by atoms with Crippen LogP contribution in [0.4, 0.5) is 10.1 Å². The second-order valence-electron chi connectivity index (χ2n) is 8.74. The molecule has 39 heavy (non-hydrogen) atoms. The Bertz CT molecular complexity index is 1470. The summed E-state index contributed by atoms with van der Waals surface area (Å²) in [6.45, 7) is 1.46. The predicted octanol–water partition coefficient (Wildman–Crippen LogP) is 3.61. The molecule has 4 rings (SSSR count). The molecule has 0 spiro atoms. The Kier molecular flexibility index (Phi) is 8.61. The molecule has 3 aromatic rings. The van der Waals surface area contributed by atoms with Crippen LogP contribution in [-0.2, 0) is 26.2 Å². The monoisotopic (exact) mass is 575 g/mol. The molecule has 0 saturated heterocycles. The Morgan fingerprint density at radius 2 is 1.72 bits per heavy atom. The van der Waals surface area contributed by atoms with E-state index in [0.717, 1.165) is 16.4 Å². The van der Waals surface area contributed by atoms with Crippen molar-refractivity contribution in [1.82, 2.24) is 10.2 Å². The standard InChI is InChI=1S/C27H27ClFN3O6S/c1-18(27(34)30-2)31(16-19-4-3-5-20(28)14-19)26(33)17-32(22-8-6-21(29)7-9-22)39(35,36)23-10-11-24-25(15-23)38-13-12-37-24/h3-11,14-15,18H,12-13,16-17H2,1-2H3,(H,30,34). The first-order chi connectivity index (χ1) is 18.6. The van der Waals surface area contributed by atoms with Crippen molar-refractivity contribution < 1.29 is 31.9 Å². The molecule has 206 valence electrons. The van der Waals surface area contributed by atoms with Crippen molar-refractivity contribution in [3.05, 3.63) is 83.1 Å². The molecule has 3 aromatic carbocycles. The maximum Gasteiger partial charge on any atom is 0.264 e. The highest BCUT2D eigenvalue weighted by atomic mass is 35.5. The van der Waals surface area contributed by atoms with E-state index in [1.165, 1.54) is 42.3 Å². The van der Waals surface area contributed by atoms with Gasteiger partial charge in [-0.2, -0.15) is 0 Å². The van der Waals surface area contributed by atoms with Gasteiger partial charge in [-0.05, 0) is 61.0 Å². The number of likely N-dealkylation sites (N-methyl/N-ethyl adjacent to an activating group) is 1. The number of sulfonamides is 1. The molecule has 0 radical (unpaired) electrons. The topological polar surface area (TPSA) is 105 Å². The molecule has 0 saturated carbocycles. The second-order valence-corrected chi connectivity index (χ2v) is 11.0. The van der Waals surface area contributed by atoms with Crippen molar-refractivity contribution in [2.75, 3.05) is 31.1 Å². The lowest BCUT2D eigenvalue weighted by Crippen LogP contribution is -2.50. The molecular formula is C27H27ClFN3O6S. The van der Waals surface area contributed by atoms with Gasteiger partial charge >= 0.3 is 0 Å². The van der Waals surface area contributed by atoms with E-state index in [0.29, 0.717) is 22.9 Å². The van der Waals surface area contributed by atoms with E-state index in [1.54, 1.807) is 31.2 Å². The maximum atomic E-state index is 13.9. The summed E-state index contributed by atoms with van der Waals surface area (Å²) in [4.78, 5) is 27.4. The fourth-order valence-electron chi connectivity index (χ4n) is 4.07. The van der Waals surface area contributed by atoms with Gasteiger partial charge in [-0.1, -0.05) is 23.7 Å². The van der Waals surface area contributed by atoms with E-state index >= 15 is 0 Å². The zero-order valence-corrected chi connectivity index (χ0v) is 22.8. The van der Waals surface area contributed by atoms with Crippen molar-refractivity contribution in [1.29, 1.82) is 0 Å². The zero-order valence-electron chi connectivity index (χ0n) is 21.3. The average molecular weight is 576 g/mol. The number of rotatable bonds is 9. The van der Waals surface area contributed by atoms with E-state index in [9.17, 15) is 22.4 Å². The van der Waals surface area contributed by atoms with Crippen LogP contribution in [0.25, 0.3) is 0 Å². The number of hydrogen-bond acceptors (Lipinski definition) is 6. The third-order valence-corrected chi connectivity index (χ3v) is 8.16. The van der Waals surface area contributed by atoms with Gasteiger partial charge in [-0.15, -0.1) is 0 Å². The second kappa shape index (κ2) is 11.9. The molecule has 12 heteroatoms. The molecule has 0 aromatic heterocycles.